The summed E-state index contributed by atoms with van der Waals surface area (Å²) in [6, 6.07) is 9.18. The van der Waals surface area contributed by atoms with Gasteiger partial charge in [0.1, 0.15) is 11.6 Å². The minimum Gasteiger partial charge on any atom is -0.493 e. The Morgan fingerprint density at radius 1 is 1.07 bits per heavy atom. The van der Waals surface area contributed by atoms with Crippen LogP contribution in [-0.2, 0) is 11.3 Å². The second kappa shape index (κ2) is 8.29. The van der Waals surface area contributed by atoms with Crippen LogP contribution in [0.25, 0.3) is 22.4 Å². The van der Waals surface area contributed by atoms with Gasteiger partial charge in [-0.2, -0.15) is 0 Å². The normalized spacial score (nSPS) is 14.4. The highest BCUT2D eigenvalue weighted by Crippen LogP contribution is 2.35. The molecular weight excluding hydrogens is 373 g/mol. The summed E-state index contributed by atoms with van der Waals surface area (Å²) in [5, 5.41) is 0. The number of ether oxygens (including phenoxy) is 3. The number of benzene rings is 2. The summed E-state index contributed by atoms with van der Waals surface area (Å²) in [6.45, 7) is 5.43. The molecule has 0 saturated carbocycles. The number of nitrogens with zero attached hydrogens (tertiary/aromatic N) is 3. The number of rotatable bonds is 6. The summed E-state index contributed by atoms with van der Waals surface area (Å²) in [4.78, 5) is 6.89. The number of imidazole rings is 1. The Morgan fingerprint density at radius 3 is 2.52 bits per heavy atom. The Kier molecular flexibility index (Phi) is 5.58. The van der Waals surface area contributed by atoms with Crippen LogP contribution in [0.15, 0.2) is 30.3 Å². The molecule has 0 atom stereocenters. The van der Waals surface area contributed by atoms with Gasteiger partial charge in [0.25, 0.3) is 0 Å². The van der Waals surface area contributed by atoms with E-state index in [0.717, 1.165) is 35.4 Å². The zero-order valence-corrected chi connectivity index (χ0v) is 17.1. The van der Waals surface area contributed by atoms with Gasteiger partial charge in [0.2, 0.25) is 0 Å². The van der Waals surface area contributed by atoms with Gasteiger partial charge in [-0.1, -0.05) is 6.92 Å². The molecule has 2 aromatic carbocycles. The summed E-state index contributed by atoms with van der Waals surface area (Å²) in [6.07, 6.45) is 0.915. The smallest absolute Gasteiger partial charge is 0.161 e. The molecule has 6 nitrogen and oxygen atoms in total. The number of fused-ring (bicyclic) bond motifs is 1. The first-order valence-corrected chi connectivity index (χ1v) is 9.91. The summed E-state index contributed by atoms with van der Waals surface area (Å²) in [7, 11) is 3.22. The molecule has 0 unspecified atom stereocenters. The van der Waals surface area contributed by atoms with Crippen LogP contribution in [0.5, 0.6) is 11.5 Å². The number of aromatic nitrogens is 2. The van der Waals surface area contributed by atoms with E-state index in [2.05, 4.69) is 11.5 Å². The number of hydrogen-bond acceptors (Lipinski definition) is 5. The fraction of sp³-hybridized carbons (Fsp3) is 0.409. The van der Waals surface area contributed by atoms with Crippen molar-refractivity contribution in [3.8, 4) is 22.9 Å². The predicted molar refractivity (Wildman–Crippen MR) is 112 cm³/mol. The average molecular weight is 399 g/mol. The molecule has 1 aliphatic heterocycles. The number of hydrogen-bond donors (Lipinski definition) is 0. The van der Waals surface area contributed by atoms with E-state index in [1.165, 1.54) is 0 Å². The van der Waals surface area contributed by atoms with Crippen molar-refractivity contribution in [2.45, 2.75) is 19.9 Å². The highest BCUT2D eigenvalue weighted by Gasteiger charge is 2.20. The van der Waals surface area contributed by atoms with E-state index < -0.39 is 0 Å². The number of aryl methyl sites for hydroxylation is 1. The van der Waals surface area contributed by atoms with Crippen LogP contribution in [0, 0.1) is 5.82 Å². The van der Waals surface area contributed by atoms with E-state index in [-0.39, 0.29) is 5.82 Å². The molecule has 1 aromatic heterocycles. The van der Waals surface area contributed by atoms with Crippen LogP contribution < -0.4 is 14.4 Å². The molecule has 1 aliphatic rings. The van der Waals surface area contributed by atoms with Crippen molar-refractivity contribution in [3.05, 3.63) is 36.1 Å². The zero-order chi connectivity index (χ0) is 20.4. The Bertz CT molecular complexity index is 1010. The van der Waals surface area contributed by atoms with Gasteiger partial charge in [-0.3, -0.25) is 0 Å². The Hall–Kier alpha value is -2.80. The molecule has 0 radical (unpaired) electrons. The molecule has 3 aromatic rings. The SMILES string of the molecule is CCCn1c(-c2ccc(OC)c(OC)c2)nc2cc(N3CCOCC3)c(F)cc21. The van der Waals surface area contributed by atoms with Crippen LogP contribution in [0.2, 0.25) is 0 Å². The lowest BCUT2D eigenvalue weighted by molar-refractivity contribution is 0.122. The quantitative estimate of drug-likeness (QED) is 0.624. The molecule has 0 spiro atoms. The second-order valence-corrected chi connectivity index (χ2v) is 7.05. The lowest BCUT2D eigenvalue weighted by Gasteiger charge is -2.29. The highest BCUT2D eigenvalue weighted by molar-refractivity contribution is 5.84. The lowest BCUT2D eigenvalue weighted by atomic mass is 10.2. The summed E-state index contributed by atoms with van der Waals surface area (Å²) in [5.74, 6) is 1.87. The monoisotopic (exact) mass is 399 g/mol. The van der Waals surface area contributed by atoms with E-state index in [1.54, 1.807) is 20.3 Å². The highest BCUT2D eigenvalue weighted by atomic mass is 19.1. The molecule has 0 aliphatic carbocycles. The molecule has 7 heteroatoms. The molecule has 0 bridgehead atoms. The fourth-order valence-corrected chi connectivity index (χ4v) is 3.83. The van der Waals surface area contributed by atoms with Gasteiger partial charge in [-0.05, 0) is 30.7 Å². The summed E-state index contributed by atoms with van der Waals surface area (Å²) >= 11 is 0. The fourth-order valence-electron chi connectivity index (χ4n) is 3.83. The number of anilines is 1. The van der Waals surface area contributed by atoms with Gasteiger partial charge >= 0.3 is 0 Å². The maximum Gasteiger partial charge on any atom is 0.161 e. The predicted octanol–water partition coefficient (Wildman–Crippen LogP) is 4.11. The first-order chi connectivity index (χ1) is 14.2. The first kappa shape index (κ1) is 19.5. The maximum atomic E-state index is 15.0. The minimum absolute atomic E-state index is 0.226. The third-order valence-corrected chi connectivity index (χ3v) is 5.26. The summed E-state index contributed by atoms with van der Waals surface area (Å²) < 4.78 is 33.3. The van der Waals surface area contributed by atoms with Gasteiger partial charge in [0.15, 0.2) is 11.5 Å². The van der Waals surface area contributed by atoms with Crippen LogP contribution in [0.4, 0.5) is 10.1 Å². The van der Waals surface area contributed by atoms with E-state index in [1.807, 2.05) is 29.2 Å². The van der Waals surface area contributed by atoms with Crippen molar-refractivity contribution in [1.29, 1.82) is 0 Å². The van der Waals surface area contributed by atoms with Crippen molar-refractivity contribution >= 4 is 16.7 Å². The van der Waals surface area contributed by atoms with E-state index >= 15 is 0 Å². The average Bonchev–Trinajstić information content (AvgIpc) is 3.11. The molecule has 1 fully saturated rings. The Morgan fingerprint density at radius 2 is 1.83 bits per heavy atom. The van der Waals surface area contributed by atoms with E-state index in [0.29, 0.717) is 43.5 Å². The Balaban J connectivity index is 1.84. The van der Waals surface area contributed by atoms with Crippen molar-refractivity contribution in [3.63, 3.8) is 0 Å². The minimum atomic E-state index is -0.226. The third kappa shape index (κ3) is 3.62. The van der Waals surface area contributed by atoms with Crippen molar-refractivity contribution in [2.75, 3.05) is 45.4 Å². The van der Waals surface area contributed by atoms with Gasteiger partial charge < -0.3 is 23.7 Å². The largest absolute Gasteiger partial charge is 0.493 e. The molecule has 0 N–H and O–H groups in total. The first-order valence-electron chi connectivity index (χ1n) is 9.91. The molecule has 154 valence electrons. The molecular formula is C22H26FN3O3. The molecule has 4 rings (SSSR count). The topological polar surface area (TPSA) is 48.8 Å². The zero-order valence-electron chi connectivity index (χ0n) is 17.1. The number of methoxy groups -OCH3 is 2. The maximum absolute atomic E-state index is 15.0. The molecule has 29 heavy (non-hydrogen) atoms. The van der Waals surface area contributed by atoms with Crippen molar-refractivity contribution < 1.29 is 18.6 Å². The Labute approximate surface area is 169 Å². The molecule has 2 heterocycles. The second-order valence-electron chi connectivity index (χ2n) is 7.05. The van der Waals surface area contributed by atoms with Crippen LogP contribution in [0.3, 0.4) is 0 Å². The van der Waals surface area contributed by atoms with Crippen LogP contribution in [-0.4, -0.2) is 50.1 Å². The van der Waals surface area contributed by atoms with Gasteiger partial charge in [0, 0.05) is 31.3 Å². The van der Waals surface area contributed by atoms with Crippen molar-refractivity contribution in [2.24, 2.45) is 0 Å². The standard InChI is InChI=1S/C22H26FN3O3/c1-4-7-26-19-13-16(23)18(25-8-10-29-11-9-25)14-17(19)24-22(26)15-5-6-20(27-2)21(12-15)28-3/h5-6,12-14H,4,7-11H2,1-3H3. The number of morpholine rings is 1. The number of halogens is 1. The van der Waals surface area contributed by atoms with Gasteiger partial charge in [0.05, 0.1) is 44.2 Å². The molecule has 1 saturated heterocycles. The van der Waals surface area contributed by atoms with Gasteiger partial charge in [-0.25, -0.2) is 9.37 Å². The van der Waals surface area contributed by atoms with Gasteiger partial charge in [-0.15, -0.1) is 0 Å². The van der Waals surface area contributed by atoms with Crippen LogP contribution >= 0.6 is 0 Å². The van der Waals surface area contributed by atoms with Crippen molar-refractivity contribution in [1.82, 2.24) is 9.55 Å². The lowest BCUT2D eigenvalue weighted by Crippen LogP contribution is -2.36. The molecule has 0 amide bonds. The third-order valence-electron chi connectivity index (χ3n) is 5.26. The van der Waals surface area contributed by atoms with Crippen LogP contribution in [0.1, 0.15) is 13.3 Å². The van der Waals surface area contributed by atoms with E-state index in [4.69, 9.17) is 19.2 Å². The van der Waals surface area contributed by atoms with E-state index in [9.17, 15) is 4.39 Å². The summed E-state index contributed by atoms with van der Waals surface area (Å²) in [5.41, 5.74) is 3.07.